The summed E-state index contributed by atoms with van der Waals surface area (Å²) in [6.45, 7) is 11.3. The topological polar surface area (TPSA) is 59.3 Å². The number of Topliss-reactive ketones (excluding diaryl/α,β-unsaturated/α-hetero) is 1. The van der Waals surface area contributed by atoms with Crippen molar-refractivity contribution < 1.29 is 14.3 Å². The van der Waals surface area contributed by atoms with Gasteiger partial charge in [-0.25, -0.2) is 0 Å². The Kier molecular flexibility index (Phi) is 3.50. The second kappa shape index (κ2) is 4.91. The number of hydrogen-bond donors (Lipinski definition) is 0. The number of fused-ring (bicyclic) bond motifs is 2. The van der Waals surface area contributed by atoms with E-state index >= 15 is 0 Å². The van der Waals surface area contributed by atoms with Gasteiger partial charge in [0.05, 0.1) is 24.7 Å². The molecule has 0 aromatic rings. The second-order valence-corrected chi connectivity index (χ2v) is 7.50. The van der Waals surface area contributed by atoms with E-state index in [1.54, 1.807) is 0 Å². The molecular weight excluding hydrogens is 278 g/mol. The Morgan fingerprint density at radius 2 is 1.95 bits per heavy atom. The molecular formula is C18H25NO3. The van der Waals surface area contributed by atoms with Crippen molar-refractivity contribution in [3.05, 3.63) is 12.2 Å². The van der Waals surface area contributed by atoms with Gasteiger partial charge in [0.2, 0.25) is 0 Å². The smallest absolute Gasteiger partial charge is 0.176 e. The standard InChI is InChI=1S/C18H25NO3/c1-12(2)14-6-7-16(4)17(11-19,15(14)20)13(3)5-8-18(16)21-9-10-22-18/h12,14H,3,5-10H2,1-2,4H3/t14-,16-,17+/m1/s1. The van der Waals surface area contributed by atoms with E-state index in [4.69, 9.17) is 9.47 Å². The summed E-state index contributed by atoms with van der Waals surface area (Å²) in [6, 6.07) is 2.39. The van der Waals surface area contributed by atoms with Crippen molar-refractivity contribution >= 4 is 5.78 Å². The van der Waals surface area contributed by atoms with Crippen molar-refractivity contribution in [3.8, 4) is 6.07 Å². The van der Waals surface area contributed by atoms with Gasteiger partial charge >= 0.3 is 0 Å². The van der Waals surface area contributed by atoms with Crippen LogP contribution < -0.4 is 0 Å². The Bertz CT molecular complexity index is 555. The lowest BCUT2D eigenvalue weighted by Gasteiger charge is -2.59. The highest BCUT2D eigenvalue weighted by molar-refractivity contribution is 5.95. The van der Waals surface area contributed by atoms with Gasteiger partial charge in [0.15, 0.2) is 11.6 Å². The molecule has 3 fully saturated rings. The first-order chi connectivity index (χ1) is 10.3. The minimum Gasteiger partial charge on any atom is -0.347 e. The summed E-state index contributed by atoms with van der Waals surface area (Å²) in [5.41, 5.74) is -1.08. The first-order valence-electron chi connectivity index (χ1n) is 8.26. The van der Waals surface area contributed by atoms with Crippen LogP contribution in [0.15, 0.2) is 12.2 Å². The van der Waals surface area contributed by atoms with Crippen LogP contribution in [0.2, 0.25) is 0 Å². The quantitative estimate of drug-likeness (QED) is 0.698. The molecule has 1 spiro atoms. The molecule has 4 heteroatoms. The average Bonchev–Trinajstić information content (AvgIpc) is 2.94. The molecule has 1 aliphatic heterocycles. The van der Waals surface area contributed by atoms with Crippen LogP contribution in [0.4, 0.5) is 0 Å². The third-order valence-electron chi connectivity index (χ3n) is 6.34. The lowest BCUT2D eigenvalue weighted by atomic mass is 9.44. The van der Waals surface area contributed by atoms with Crippen LogP contribution in [-0.2, 0) is 14.3 Å². The highest BCUT2D eigenvalue weighted by Crippen LogP contribution is 2.66. The van der Waals surface area contributed by atoms with Crippen molar-refractivity contribution in [1.82, 2.24) is 0 Å². The number of allylic oxidation sites excluding steroid dienone is 1. The van der Waals surface area contributed by atoms with Crippen LogP contribution >= 0.6 is 0 Å². The third kappa shape index (κ3) is 1.62. The molecule has 22 heavy (non-hydrogen) atoms. The number of nitriles is 1. The number of ether oxygens (including phenoxy) is 2. The summed E-state index contributed by atoms with van der Waals surface area (Å²) in [4.78, 5) is 13.3. The number of ketones is 1. The SMILES string of the molecule is C=C1CCC2(OCCO2)[C@]2(C)CC[C@H](C(C)C)C(=O)[C@]12C#N. The maximum Gasteiger partial charge on any atom is 0.176 e. The summed E-state index contributed by atoms with van der Waals surface area (Å²) >= 11 is 0. The van der Waals surface area contributed by atoms with Crippen molar-refractivity contribution in [2.24, 2.45) is 22.7 Å². The number of nitrogens with zero attached hydrogens (tertiary/aromatic N) is 1. The third-order valence-corrected chi connectivity index (χ3v) is 6.34. The van der Waals surface area contributed by atoms with Gasteiger partial charge in [-0.05, 0) is 30.8 Å². The number of hydrogen-bond acceptors (Lipinski definition) is 4. The normalized spacial score (nSPS) is 40.8. The zero-order valence-corrected chi connectivity index (χ0v) is 13.8. The summed E-state index contributed by atoms with van der Waals surface area (Å²) < 4.78 is 12.0. The highest BCUT2D eigenvalue weighted by atomic mass is 16.7. The average molecular weight is 303 g/mol. The monoisotopic (exact) mass is 303 g/mol. The molecule has 1 saturated heterocycles. The summed E-state index contributed by atoms with van der Waals surface area (Å²) in [5.74, 6) is -0.622. The maximum atomic E-state index is 13.3. The van der Waals surface area contributed by atoms with Crippen LogP contribution in [0.5, 0.6) is 0 Å². The summed E-state index contributed by atoms with van der Waals surface area (Å²) in [6.07, 6.45) is 2.84. The molecule has 3 atom stereocenters. The van der Waals surface area contributed by atoms with Crippen molar-refractivity contribution in [1.29, 1.82) is 5.26 Å². The second-order valence-electron chi connectivity index (χ2n) is 7.50. The summed E-state index contributed by atoms with van der Waals surface area (Å²) in [5, 5.41) is 10.1. The van der Waals surface area contributed by atoms with Crippen LogP contribution in [0.25, 0.3) is 0 Å². The van der Waals surface area contributed by atoms with Gasteiger partial charge in [0.1, 0.15) is 5.41 Å². The molecule has 0 radical (unpaired) electrons. The van der Waals surface area contributed by atoms with Gasteiger partial charge in [-0.15, -0.1) is 0 Å². The zero-order valence-electron chi connectivity index (χ0n) is 13.8. The molecule has 2 saturated carbocycles. The maximum absolute atomic E-state index is 13.3. The van der Waals surface area contributed by atoms with Crippen LogP contribution in [0.3, 0.4) is 0 Å². The Morgan fingerprint density at radius 3 is 2.50 bits per heavy atom. The number of carbonyl (C=O) groups excluding carboxylic acids is 1. The fourth-order valence-electron chi connectivity index (χ4n) is 4.94. The Balaban J connectivity index is 2.16. The fraction of sp³-hybridized carbons (Fsp3) is 0.778. The van der Waals surface area contributed by atoms with Crippen molar-refractivity contribution in [2.75, 3.05) is 13.2 Å². The van der Waals surface area contributed by atoms with E-state index in [1.807, 2.05) is 6.92 Å². The lowest BCUT2D eigenvalue weighted by molar-refractivity contribution is -0.275. The van der Waals surface area contributed by atoms with Gasteiger partial charge in [0, 0.05) is 12.3 Å². The fourth-order valence-corrected chi connectivity index (χ4v) is 4.94. The Labute approximate surface area is 132 Å². The zero-order chi connectivity index (χ0) is 16.2. The van der Waals surface area contributed by atoms with Gasteiger partial charge in [0.25, 0.3) is 0 Å². The molecule has 120 valence electrons. The molecule has 0 bridgehead atoms. The van der Waals surface area contributed by atoms with E-state index in [-0.39, 0.29) is 17.6 Å². The van der Waals surface area contributed by atoms with Gasteiger partial charge in [-0.3, -0.25) is 4.79 Å². The van der Waals surface area contributed by atoms with Crippen LogP contribution in [0, 0.1) is 34.0 Å². The minimum atomic E-state index is -1.18. The van der Waals surface area contributed by atoms with E-state index in [1.165, 1.54) is 0 Å². The predicted octanol–water partition coefficient (Wildman–Crippen LogP) is 3.23. The predicted molar refractivity (Wildman–Crippen MR) is 81.7 cm³/mol. The van der Waals surface area contributed by atoms with E-state index < -0.39 is 16.6 Å². The van der Waals surface area contributed by atoms with Crippen LogP contribution in [0.1, 0.15) is 46.5 Å². The van der Waals surface area contributed by atoms with Gasteiger partial charge < -0.3 is 9.47 Å². The van der Waals surface area contributed by atoms with Crippen molar-refractivity contribution in [3.63, 3.8) is 0 Å². The van der Waals surface area contributed by atoms with Gasteiger partial charge in [-0.2, -0.15) is 5.26 Å². The van der Waals surface area contributed by atoms with Crippen LogP contribution in [-0.4, -0.2) is 24.8 Å². The molecule has 3 rings (SSSR count). The van der Waals surface area contributed by atoms with E-state index in [0.29, 0.717) is 26.1 Å². The Morgan fingerprint density at radius 1 is 1.32 bits per heavy atom. The lowest BCUT2D eigenvalue weighted by Crippen LogP contribution is -2.66. The molecule has 1 heterocycles. The van der Waals surface area contributed by atoms with Gasteiger partial charge in [-0.1, -0.05) is 27.4 Å². The first-order valence-corrected chi connectivity index (χ1v) is 8.26. The van der Waals surface area contributed by atoms with E-state index in [2.05, 4.69) is 26.5 Å². The highest BCUT2D eigenvalue weighted by Gasteiger charge is 2.72. The molecule has 0 aromatic heterocycles. The van der Waals surface area contributed by atoms with Crippen molar-refractivity contribution in [2.45, 2.75) is 52.2 Å². The summed E-state index contributed by atoms with van der Waals surface area (Å²) in [7, 11) is 0. The molecule has 0 N–H and O–H groups in total. The van der Waals surface area contributed by atoms with E-state index in [9.17, 15) is 10.1 Å². The largest absolute Gasteiger partial charge is 0.347 e. The molecule has 0 aromatic carbocycles. The van der Waals surface area contributed by atoms with E-state index in [0.717, 1.165) is 18.4 Å². The molecule has 0 unspecified atom stereocenters. The Hall–Kier alpha value is -1.18. The molecule has 3 aliphatic rings. The number of carbonyl (C=O) groups is 1. The molecule has 2 aliphatic carbocycles. The molecule has 4 nitrogen and oxygen atoms in total. The minimum absolute atomic E-state index is 0.0296. The molecule has 0 amide bonds. The number of rotatable bonds is 1. The first kappa shape index (κ1) is 15.7.